The van der Waals surface area contributed by atoms with E-state index in [1.54, 1.807) is 10.8 Å². The first-order valence-corrected chi connectivity index (χ1v) is 7.60. The van der Waals surface area contributed by atoms with Gasteiger partial charge in [0.25, 0.3) is 0 Å². The Morgan fingerprint density at radius 2 is 2.09 bits per heavy atom. The van der Waals surface area contributed by atoms with E-state index in [1.807, 2.05) is 0 Å². The van der Waals surface area contributed by atoms with Gasteiger partial charge in [-0.1, -0.05) is 0 Å². The van der Waals surface area contributed by atoms with Crippen LogP contribution in [0.5, 0.6) is 0 Å². The standard InChI is InChI=1S/C10H20I/c1-4-5-10-6-7-11-9(3)8(10)2/h8-10H,4-7H2,1-3H3/q-1/t8-,9-,10-/m0/s1. The van der Waals surface area contributed by atoms with Gasteiger partial charge >= 0.3 is 81.4 Å². The van der Waals surface area contributed by atoms with Gasteiger partial charge in [0.1, 0.15) is 0 Å². The number of rotatable bonds is 2. The van der Waals surface area contributed by atoms with Crippen molar-refractivity contribution in [2.24, 2.45) is 11.8 Å². The molecule has 1 fully saturated rings. The molecule has 0 aromatic heterocycles. The maximum absolute atomic E-state index is 2.48. The molecule has 1 rings (SSSR count). The van der Waals surface area contributed by atoms with Crippen molar-refractivity contribution in [3.63, 3.8) is 0 Å². The van der Waals surface area contributed by atoms with Crippen LogP contribution in [0.3, 0.4) is 0 Å². The van der Waals surface area contributed by atoms with E-state index in [2.05, 4.69) is 20.8 Å². The molecule has 1 saturated heterocycles. The molecule has 0 spiro atoms. The van der Waals surface area contributed by atoms with Crippen LogP contribution in [0.15, 0.2) is 0 Å². The monoisotopic (exact) mass is 267 g/mol. The van der Waals surface area contributed by atoms with Crippen LogP contribution in [0, 0.1) is 11.8 Å². The molecule has 0 unspecified atom stereocenters. The van der Waals surface area contributed by atoms with Gasteiger partial charge in [-0.2, -0.15) is 0 Å². The van der Waals surface area contributed by atoms with E-state index in [4.69, 9.17) is 0 Å². The quantitative estimate of drug-likeness (QED) is 0.485. The third-order valence-electron chi connectivity index (χ3n) is 2.96. The fraction of sp³-hybridized carbons (Fsp3) is 1.00. The number of hydrogen-bond donors (Lipinski definition) is 0. The molecule has 0 aromatic rings. The van der Waals surface area contributed by atoms with Crippen LogP contribution in [-0.2, 0) is 0 Å². The first-order valence-electron chi connectivity index (χ1n) is 4.83. The van der Waals surface area contributed by atoms with Crippen molar-refractivity contribution in [3.8, 4) is 0 Å². The van der Waals surface area contributed by atoms with Gasteiger partial charge in [-0.3, -0.25) is 0 Å². The Balaban J connectivity index is 2.38. The molecule has 0 radical (unpaired) electrons. The zero-order valence-electron chi connectivity index (χ0n) is 7.94. The van der Waals surface area contributed by atoms with Crippen molar-refractivity contribution in [1.82, 2.24) is 0 Å². The van der Waals surface area contributed by atoms with Crippen LogP contribution in [0.1, 0.15) is 40.0 Å². The Morgan fingerprint density at radius 1 is 1.36 bits per heavy atom. The zero-order chi connectivity index (χ0) is 8.27. The maximum atomic E-state index is 2.48. The molecule has 3 atom stereocenters. The van der Waals surface area contributed by atoms with Crippen LogP contribution < -0.4 is 21.2 Å². The molecule has 68 valence electrons. The Bertz CT molecular complexity index is 109. The van der Waals surface area contributed by atoms with Gasteiger partial charge in [-0.15, -0.1) is 0 Å². The SMILES string of the molecule is CCC[C@H]1CC[I-][C@@H](C)[C@@H]1C. The molecule has 0 amide bonds. The van der Waals surface area contributed by atoms with Gasteiger partial charge in [0.2, 0.25) is 0 Å². The average Bonchev–Trinajstić information content (AvgIpc) is 1.99. The van der Waals surface area contributed by atoms with Crippen molar-refractivity contribution >= 4 is 0 Å². The number of alkyl halides is 2. The van der Waals surface area contributed by atoms with Gasteiger partial charge < -0.3 is 0 Å². The molecular weight excluding hydrogens is 247 g/mol. The normalized spacial score (nSPS) is 39.7. The van der Waals surface area contributed by atoms with Crippen molar-refractivity contribution in [1.29, 1.82) is 0 Å². The third kappa shape index (κ3) is 2.60. The van der Waals surface area contributed by atoms with Gasteiger partial charge in [-0.05, 0) is 0 Å². The summed E-state index contributed by atoms with van der Waals surface area (Å²) in [6, 6.07) is 0. The third-order valence-corrected chi connectivity index (χ3v) is 6.73. The first-order chi connectivity index (χ1) is 5.25. The van der Waals surface area contributed by atoms with Crippen molar-refractivity contribution in [2.75, 3.05) is 4.43 Å². The molecule has 0 aromatic carbocycles. The van der Waals surface area contributed by atoms with Gasteiger partial charge in [-0.25, -0.2) is 0 Å². The van der Waals surface area contributed by atoms with Gasteiger partial charge in [0.05, 0.1) is 0 Å². The van der Waals surface area contributed by atoms with Crippen LogP contribution in [0.2, 0.25) is 0 Å². The summed E-state index contributed by atoms with van der Waals surface area (Å²) in [5.74, 6) is 2.11. The Kier molecular flexibility index (Phi) is 4.18. The topological polar surface area (TPSA) is 0 Å². The number of hydrogen-bond acceptors (Lipinski definition) is 0. The summed E-state index contributed by atoms with van der Waals surface area (Å²) in [6.07, 6.45) is 4.42. The minimum absolute atomic E-state index is 0.573. The molecule has 0 aliphatic carbocycles. The van der Waals surface area contributed by atoms with E-state index in [1.165, 1.54) is 12.8 Å². The average molecular weight is 267 g/mol. The fourth-order valence-electron chi connectivity index (χ4n) is 1.93. The summed E-state index contributed by atoms with van der Waals surface area (Å²) in [6.45, 7) is 7.27. The van der Waals surface area contributed by atoms with Crippen LogP contribution >= 0.6 is 0 Å². The summed E-state index contributed by atoms with van der Waals surface area (Å²) in [5.41, 5.74) is 0. The van der Waals surface area contributed by atoms with E-state index in [-0.39, 0.29) is 0 Å². The molecule has 1 aliphatic rings. The second-order valence-electron chi connectivity index (χ2n) is 3.72. The molecule has 11 heavy (non-hydrogen) atoms. The summed E-state index contributed by atoms with van der Waals surface area (Å²) in [7, 11) is 0. The van der Waals surface area contributed by atoms with E-state index >= 15 is 0 Å². The molecular formula is C10H20I-. The van der Waals surface area contributed by atoms with E-state index < -0.39 is 0 Å². The van der Waals surface area contributed by atoms with Gasteiger partial charge in [0, 0.05) is 0 Å². The molecule has 0 bridgehead atoms. The summed E-state index contributed by atoms with van der Waals surface area (Å²) in [5, 5.41) is 0. The van der Waals surface area contributed by atoms with Crippen molar-refractivity contribution in [3.05, 3.63) is 0 Å². The summed E-state index contributed by atoms with van der Waals surface area (Å²) in [4.78, 5) is 0. The molecule has 0 saturated carbocycles. The van der Waals surface area contributed by atoms with Crippen LogP contribution in [0.4, 0.5) is 0 Å². The van der Waals surface area contributed by atoms with Crippen LogP contribution in [-0.4, -0.2) is 8.35 Å². The second kappa shape index (κ2) is 4.68. The predicted octanol–water partition coefficient (Wildman–Crippen LogP) is -0.0800. The Hall–Kier alpha value is 0.730. The van der Waals surface area contributed by atoms with Crippen molar-refractivity contribution in [2.45, 2.75) is 44.0 Å². The number of halogens is 1. The summed E-state index contributed by atoms with van der Waals surface area (Å²) < 4.78 is 2.69. The van der Waals surface area contributed by atoms with E-state index in [9.17, 15) is 0 Å². The molecule has 1 heteroatoms. The first kappa shape index (κ1) is 9.82. The molecule has 1 aliphatic heterocycles. The fourth-order valence-corrected chi connectivity index (χ4v) is 5.46. The minimum atomic E-state index is 0.573. The predicted molar refractivity (Wildman–Crippen MR) is 46.5 cm³/mol. The molecule has 1 heterocycles. The second-order valence-corrected chi connectivity index (χ2v) is 7.64. The van der Waals surface area contributed by atoms with Gasteiger partial charge in [0.15, 0.2) is 0 Å². The molecule has 0 N–H and O–H groups in total. The van der Waals surface area contributed by atoms with Crippen molar-refractivity contribution < 1.29 is 21.2 Å². The Morgan fingerprint density at radius 3 is 2.73 bits per heavy atom. The van der Waals surface area contributed by atoms with E-state index in [0.717, 1.165) is 15.8 Å². The Labute approximate surface area is 81.4 Å². The van der Waals surface area contributed by atoms with Crippen LogP contribution in [0.25, 0.3) is 0 Å². The molecule has 0 nitrogen and oxygen atoms in total. The summed E-state index contributed by atoms with van der Waals surface area (Å²) >= 11 is 0.573. The van der Waals surface area contributed by atoms with E-state index in [0.29, 0.717) is 21.2 Å². The zero-order valence-corrected chi connectivity index (χ0v) is 10.1.